The molecule has 0 aliphatic carbocycles. The molecule has 1 amide bonds. The van der Waals surface area contributed by atoms with Crippen molar-refractivity contribution in [3.05, 3.63) is 46.8 Å². The molecule has 0 saturated carbocycles. The van der Waals surface area contributed by atoms with Gasteiger partial charge in [0.25, 0.3) is 0 Å². The number of carbonyl (C=O) groups excluding carboxylic acids is 1. The first-order valence-corrected chi connectivity index (χ1v) is 9.02. The van der Waals surface area contributed by atoms with Crippen molar-refractivity contribution in [2.45, 2.75) is 52.0 Å². The van der Waals surface area contributed by atoms with Crippen molar-refractivity contribution in [3.8, 4) is 5.75 Å². The zero-order valence-electron chi connectivity index (χ0n) is 15.5. The van der Waals surface area contributed by atoms with E-state index in [1.165, 1.54) is 5.56 Å². The number of methoxy groups -OCH3 is 1. The van der Waals surface area contributed by atoms with Gasteiger partial charge < -0.3 is 9.64 Å². The van der Waals surface area contributed by atoms with E-state index in [0.717, 1.165) is 48.5 Å². The summed E-state index contributed by atoms with van der Waals surface area (Å²) in [5.74, 6) is 0.920. The Morgan fingerprint density at radius 1 is 1.36 bits per heavy atom. The predicted octanol–water partition coefficient (Wildman–Crippen LogP) is 3.89. The van der Waals surface area contributed by atoms with Crippen LogP contribution in [-0.4, -0.2) is 34.7 Å². The summed E-state index contributed by atoms with van der Waals surface area (Å²) in [7, 11) is 1.65. The maximum absolute atomic E-state index is 13.3. The number of ether oxygens (including phenoxy) is 1. The Kier molecular flexibility index (Phi) is 5.11. The minimum atomic E-state index is -0.112. The topological polar surface area (TPSA) is 58.2 Å². The van der Waals surface area contributed by atoms with Crippen LogP contribution in [-0.2, 0) is 4.79 Å². The molecule has 2 heterocycles. The number of hydrogen-bond donors (Lipinski definition) is 1. The molecule has 1 saturated heterocycles. The lowest BCUT2D eigenvalue weighted by atomic mass is 9.93. The molecule has 0 radical (unpaired) electrons. The van der Waals surface area contributed by atoms with E-state index in [-0.39, 0.29) is 17.9 Å². The summed E-state index contributed by atoms with van der Waals surface area (Å²) in [6, 6.07) is 8.00. The zero-order valence-corrected chi connectivity index (χ0v) is 15.5. The van der Waals surface area contributed by atoms with Crippen molar-refractivity contribution in [2.75, 3.05) is 13.7 Å². The fourth-order valence-corrected chi connectivity index (χ4v) is 3.97. The highest BCUT2D eigenvalue weighted by molar-refractivity contribution is 5.84. The van der Waals surface area contributed by atoms with Crippen LogP contribution in [0.5, 0.6) is 5.75 Å². The molecule has 1 aromatic heterocycles. The van der Waals surface area contributed by atoms with Crippen LogP contribution in [0.1, 0.15) is 60.7 Å². The summed E-state index contributed by atoms with van der Waals surface area (Å²) < 4.78 is 5.23. The van der Waals surface area contributed by atoms with Crippen molar-refractivity contribution in [1.82, 2.24) is 15.1 Å². The molecular formula is C20H27N3O2. The highest BCUT2D eigenvalue weighted by Crippen LogP contribution is 2.37. The number of amides is 1. The number of hydrogen-bond acceptors (Lipinski definition) is 3. The molecule has 2 aromatic rings. The van der Waals surface area contributed by atoms with Crippen molar-refractivity contribution in [2.24, 2.45) is 0 Å². The van der Waals surface area contributed by atoms with E-state index >= 15 is 0 Å². The van der Waals surface area contributed by atoms with Gasteiger partial charge in [0, 0.05) is 17.8 Å². The summed E-state index contributed by atoms with van der Waals surface area (Å²) >= 11 is 0. The highest BCUT2D eigenvalue weighted by Gasteiger charge is 2.36. The Morgan fingerprint density at radius 2 is 2.08 bits per heavy atom. The number of H-pyrrole nitrogens is 1. The van der Waals surface area contributed by atoms with Gasteiger partial charge in [0.1, 0.15) is 5.75 Å². The third-order valence-electron chi connectivity index (χ3n) is 5.28. The molecule has 1 N–H and O–H groups in total. The monoisotopic (exact) mass is 341 g/mol. The van der Waals surface area contributed by atoms with E-state index < -0.39 is 0 Å². The van der Waals surface area contributed by atoms with Crippen LogP contribution >= 0.6 is 0 Å². The molecule has 134 valence electrons. The van der Waals surface area contributed by atoms with Gasteiger partial charge in [-0.1, -0.05) is 19.1 Å². The van der Waals surface area contributed by atoms with Gasteiger partial charge in [-0.05, 0) is 50.8 Å². The van der Waals surface area contributed by atoms with Crippen LogP contribution in [0.25, 0.3) is 0 Å². The molecule has 25 heavy (non-hydrogen) atoms. The van der Waals surface area contributed by atoms with Gasteiger partial charge in [-0.15, -0.1) is 0 Å². The maximum Gasteiger partial charge on any atom is 0.230 e. The van der Waals surface area contributed by atoms with Gasteiger partial charge in [-0.3, -0.25) is 9.89 Å². The average molecular weight is 341 g/mol. The first kappa shape index (κ1) is 17.5. The van der Waals surface area contributed by atoms with Gasteiger partial charge in [0.05, 0.1) is 24.8 Å². The van der Waals surface area contributed by atoms with Crippen molar-refractivity contribution in [3.63, 3.8) is 0 Å². The van der Waals surface area contributed by atoms with Crippen LogP contribution in [0.15, 0.2) is 24.3 Å². The van der Waals surface area contributed by atoms with Gasteiger partial charge in [0.2, 0.25) is 5.91 Å². The third-order valence-corrected chi connectivity index (χ3v) is 5.28. The maximum atomic E-state index is 13.3. The lowest BCUT2D eigenvalue weighted by molar-refractivity contribution is -0.133. The summed E-state index contributed by atoms with van der Waals surface area (Å²) in [6.45, 7) is 6.95. The Morgan fingerprint density at radius 3 is 2.64 bits per heavy atom. The summed E-state index contributed by atoms with van der Waals surface area (Å²) in [5, 5.41) is 7.38. The van der Waals surface area contributed by atoms with Gasteiger partial charge in [0.15, 0.2) is 0 Å². The quantitative estimate of drug-likeness (QED) is 0.897. The second kappa shape index (κ2) is 7.30. The van der Waals surface area contributed by atoms with Crippen LogP contribution in [0.2, 0.25) is 0 Å². The molecule has 5 nitrogen and oxygen atoms in total. The SMILES string of the molecule is CC[C@@H](C(=O)N1CCC[C@H]1c1c(C)n[nH]c1C)c1ccc(OC)cc1. The molecule has 0 spiro atoms. The second-order valence-electron chi connectivity index (χ2n) is 6.77. The molecule has 1 aromatic carbocycles. The van der Waals surface area contributed by atoms with E-state index in [4.69, 9.17) is 4.74 Å². The van der Waals surface area contributed by atoms with E-state index in [1.807, 2.05) is 38.1 Å². The van der Waals surface area contributed by atoms with Crippen LogP contribution in [0, 0.1) is 13.8 Å². The molecular weight excluding hydrogens is 314 g/mol. The van der Waals surface area contributed by atoms with E-state index in [2.05, 4.69) is 22.0 Å². The number of carbonyl (C=O) groups is 1. The Labute approximate surface area is 149 Å². The van der Waals surface area contributed by atoms with Gasteiger partial charge in [-0.25, -0.2) is 0 Å². The van der Waals surface area contributed by atoms with E-state index in [1.54, 1.807) is 7.11 Å². The number of nitrogens with zero attached hydrogens (tertiary/aromatic N) is 2. The molecule has 1 fully saturated rings. The number of aryl methyl sites for hydroxylation is 2. The lowest BCUT2D eigenvalue weighted by Gasteiger charge is -2.29. The van der Waals surface area contributed by atoms with Gasteiger partial charge >= 0.3 is 0 Å². The summed E-state index contributed by atoms with van der Waals surface area (Å²) in [5.41, 5.74) is 4.31. The first-order valence-electron chi connectivity index (χ1n) is 9.02. The fourth-order valence-electron chi connectivity index (χ4n) is 3.97. The minimum absolute atomic E-state index is 0.112. The van der Waals surface area contributed by atoms with Crippen molar-refractivity contribution < 1.29 is 9.53 Å². The lowest BCUT2D eigenvalue weighted by Crippen LogP contribution is -2.35. The Bertz CT molecular complexity index is 716. The van der Waals surface area contributed by atoms with Crippen molar-refractivity contribution >= 4 is 5.91 Å². The second-order valence-corrected chi connectivity index (χ2v) is 6.77. The van der Waals surface area contributed by atoms with Gasteiger partial charge in [-0.2, -0.15) is 5.10 Å². The largest absolute Gasteiger partial charge is 0.497 e. The number of benzene rings is 1. The molecule has 1 aliphatic rings. The molecule has 2 atom stereocenters. The Hall–Kier alpha value is -2.30. The van der Waals surface area contributed by atoms with E-state index in [9.17, 15) is 4.79 Å². The predicted molar refractivity (Wildman–Crippen MR) is 97.8 cm³/mol. The number of aromatic amines is 1. The van der Waals surface area contributed by atoms with Crippen molar-refractivity contribution in [1.29, 1.82) is 0 Å². The average Bonchev–Trinajstić information content (AvgIpc) is 3.22. The summed E-state index contributed by atoms with van der Waals surface area (Å²) in [6.07, 6.45) is 2.84. The standard InChI is InChI=1S/C20H27N3O2/c1-5-17(15-8-10-16(25-4)11-9-15)20(24)23-12-6-7-18(23)19-13(2)21-22-14(19)3/h8-11,17-18H,5-7,12H2,1-4H3,(H,21,22)/t17-,18+/m1/s1. The van der Waals surface area contributed by atoms with Crippen LogP contribution < -0.4 is 4.74 Å². The number of nitrogens with one attached hydrogen (secondary N) is 1. The molecule has 0 unspecified atom stereocenters. The number of aromatic nitrogens is 2. The molecule has 3 rings (SSSR count). The zero-order chi connectivity index (χ0) is 18.0. The Balaban J connectivity index is 1.86. The fraction of sp³-hybridized carbons (Fsp3) is 0.500. The van der Waals surface area contributed by atoms with E-state index in [0.29, 0.717) is 0 Å². The first-order chi connectivity index (χ1) is 12.1. The van der Waals surface area contributed by atoms with Crippen LogP contribution in [0.4, 0.5) is 0 Å². The smallest absolute Gasteiger partial charge is 0.230 e. The molecule has 5 heteroatoms. The third kappa shape index (κ3) is 3.28. The van der Waals surface area contributed by atoms with Crippen LogP contribution in [0.3, 0.4) is 0 Å². The molecule has 0 bridgehead atoms. The molecule has 1 aliphatic heterocycles. The number of rotatable bonds is 5. The highest BCUT2D eigenvalue weighted by atomic mass is 16.5. The summed E-state index contributed by atoms with van der Waals surface area (Å²) in [4.78, 5) is 15.4. The normalized spacial score (nSPS) is 18.4. The minimum Gasteiger partial charge on any atom is -0.497 e. The number of likely N-dealkylation sites (tertiary alicyclic amines) is 1.